The van der Waals surface area contributed by atoms with Gasteiger partial charge in [-0.2, -0.15) is 13.2 Å². The summed E-state index contributed by atoms with van der Waals surface area (Å²) in [4.78, 5) is 13.6. The van der Waals surface area contributed by atoms with Crippen molar-refractivity contribution in [1.82, 2.24) is 0 Å². The summed E-state index contributed by atoms with van der Waals surface area (Å²) in [5.41, 5.74) is 6.14. The minimum atomic E-state index is -4.42. The third kappa shape index (κ3) is 3.05. The van der Waals surface area contributed by atoms with Crippen molar-refractivity contribution in [3.63, 3.8) is 0 Å². The normalized spacial score (nSPS) is 20.4. The fourth-order valence-corrected chi connectivity index (χ4v) is 3.08. The molecular weight excluding hydrogens is 357 g/mol. The first-order valence-corrected chi connectivity index (χ1v) is 7.71. The van der Waals surface area contributed by atoms with Crippen molar-refractivity contribution in [3.05, 3.63) is 58.6 Å². The molecule has 25 heavy (non-hydrogen) atoms. The number of nitrogens with zero attached hydrogens (tertiary/aromatic N) is 1. The molecule has 8 heteroatoms. The molecule has 1 heterocycles. The standard InChI is InChI=1S/C17H14ClF3N2O2/c1-25-13-7-6-11(8-12(13)18)23-15(14(22)16(23)24)9-2-4-10(5-3-9)17(19,20)21/h2-8,14-15H,22H2,1H3. The molecule has 0 spiro atoms. The van der Waals surface area contributed by atoms with Crippen LogP contribution < -0.4 is 15.4 Å². The maximum absolute atomic E-state index is 12.7. The van der Waals surface area contributed by atoms with E-state index in [0.717, 1.165) is 12.1 Å². The Morgan fingerprint density at radius 1 is 1.16 bits per heavy atom. The summed E-state index contributed by atoms with van der Waals surface area (Å²) in [5.74, 6) is 0.125. The van der Waals surface area contributed by atoms with E-state index in [1.165, 1.54) is 24.1 Å². The number of halogens is 4. The molecule has 2 aromatic carbocycles. The van der Waals surface area contributed by atoms with Crippen molar-refractivity contribution >= 4 is 23.2 Å². The van der Waals surface area contributed by atoms with E-state index in [1.54, 1.807) is 18.2 Å². The molecular formula is C17H14ClF3N2O2. The third-order valence-corrected chi connectivity index (χ3v) is 4.43. The second kappa shape index (κ2) is 6.24. The number of methoxy groups -OCH3 is 1. The minimum absolute atomic E-state index is 0.319. The first-order valence-electron chi connectivity index (χ1n) is 7.33. The van der Waals surface area contributed by atoms with E-state index in [0.29, 0.717) is 22.0 Å². The Morgan fingerprint density at radius 2 is 1.80 bits per heavy atom. The van der Waals surface area contributed by atoms with Crippen LogP contribution in [0.5, 0.6) is 5.75 Å². The molecule has 132 valence electrons. The molecule has 1 aliphatic heterocycles. The average molecular weight is 371 g/mol. The summed E-state index contributed by atoms with van der Waals surface area (Å²) in [5, 5.41) is 0.319. The van der Waals surface area contributed by atoms with Gasteiger partial charge in [-0.05, 0) is 35.9 Å². The van der Waals surface area contributed by atoms with Gasteiger partial charge in [-0.1, -0.05) is 23.7 Å². The number of hydrogen-bond donors (Lipinski definition) is 1. The van der Waals surface area contributed by atoms with Crippen LogP contribution in [0.1, 0.15) is 17.2 Å². The van der Waals surface area contributed by atoms with E-state index in [-0.39, 0.29) is 5.91 Å². The highest BCUT2D eigenvalue weighted by molar-refractivity contribution is 6.32. The predicted octanol–water partition coefficient (Wildman–Crippen LogP) is 3.78. The van der Waals surface area contributed by atoms with E-state index in [1.807, 2.05) is 0 Å². The lowest BCUT2D eigenvalue weighted by molar-refractivity contribution is -0.137. The summed E-state index contributed by atoms with van der Waals surface area (Å²) < 4.78 is 43.2. The van der Waals surface area contributed by atoms with Gasteiger partial charge in [0.2, 0.25) is 5.91 Å². The minimum Gasteiger partial charge on any atom is -0.495 e. The average Bonchev–Trinajstić information content (AvgIpc) is 2.58. The summed E-state index contributed by atoms with van der Waals surface area (Å²) >= 11 is 6.08. The largest absolute Gasteiger partial charge is 0.495 e. The summed E-state index contributed by atoms with van der Waals surface area (Å²) in [6.07, 6.45) is -4.42. The third-order valence-electron chi connectivity index (χ3n) is 4.13. The van der Waals surface area contributed by atoms with Crippen molar-refractivity contribution in [3.8, 4) is 5.75 Å². The van der Waals surface area contributed by atoms with Crippen LogP contribution in [-0.4, -0.2) is 19.1 Å². The van der Waals surface area contributed by atoms with Crippen LogP contribution in [0.2, 0.25) is 5.02 Å². The van der Waals surface area contributed by atoms with E-state index < -0.39 is 23.8 Å². The Morgan fingerprint density at radius 3 is 2.32 bits per heavy atom. The number of β-lactam (4-membered cyclic amide) rings is 1. The fourth-order valence-electron chi connectivity index (χ4n) is 2.83. The van der Waals surface area contributed by atoms with Gasteiger partial charge in [-0.25, -0.2) is 0 Å². The number of nitrogens with two attached hydrogens (primary N) is 1. The number of rotatable bonds is 3. The molecule has 1 fully saturated rings. The molecule has 2 N–H and O–H groups in total. The highest BCUT2D eigenvalue weighted by Crippen LogP contribution is 2.41. The van der Waals surface area contributed by atoms with Crippen LogP contribution >= 0.6 is 11.6 Å². The molecule has 2 atom stereocenters. The zero-order valence-electron chi connectivity index (χ0n) is 13.0. The molecule has 0 saturated carbocycles. The number of carbonyl (C=O) groups is 1. The Labute approximate surface area is 146 Å². The number of anilines is 1. The number of amides is 1. The molecule has 1 amide bonds. The Balaban J connectivity index is 1.92. The summed E-state index contributed by atoms with van der Waals surface area (Å²) in [7, 11) is 1.47. The first-order chi connectivity index (χ1) is 11.7. The maximum atomic E-state index is 12.7. The number of ether oxygens (including phenoxy) is 1. The van der Waals surface area contributed by atoms with Gasteiger partial charge < -0.3 is 15.4 Å². The van der Waals surface area contributed by atoms with Crippen molar-refractivity contribution in [1.29, 1.82) is 0 Å². The number of alkyl halides is 3. The molecule has 0 bridgehead atoms. The van der Waals surface area contributed by atoms with Crippen molar-refractivity contribution < 1.29 is 22.7 Å². The van der Waals surface area contributed by atoms with Gasteiger partial charge in [0.15, 0.2) is 0 Å². The lowest BCUT2D eigenvalue weighted by Gasteiger charge is -2.45. The molecule has 3 rings (SSSR count). The van der Waals surface area contributed by atoms with Crippen LogP contribution in [0.3, 0.4) is 0 Å². The van der Waals surface area contributed by atoms with Gasteiger partial charge in [0.1, 0.15) is 11.8 Å². The molecule has 0 aromatic heterocycles. The van der Waals surface area contributed by atoms with Gasteiger partial charge >= 0.3 is 6.18 Å². The molecule has 4 nitrogen and oxygen atoms in total. The van der Waals surface area contributed by atoms with E-state index in [2.05, 4.69) is 0 Å². The van der Waals surface area contributed by atoms with Gasteiger partial charge in [0.05, 0.1) is 23.7 Å². The maximum Gasteiger partial charge on any atom is 0.416 e. The highest BCUT2D eigenvalue weighted by atomic mass is 35.5. The molecule has 0 aliphatic carbocycles. The zero-order chi connectivity index (χ0) is 18.4. The monoisotopic (exact) mass is 370 g/mol. The van der Waals surface area contributed by atoms with Crippen molar-refractivity contribution in [2.45, 2.75) is 18.3 Å². The second-order valence-electron chi connectivity index (χ2n) is 5.62. The number of hydrogen-bond acceptors (Lipinski definition) is 3. The second-order valence-corrected chi connectivity index (χ2v) is 6.02. The molecule has 1 saturated heterocycles. The quantitative estimate of drug-likeness (QED) is 0.836. The van der Waals surface area contributed by atoms with Crippen LogP contribution in [0, 0.1) is 0 Å². The Bertz CT molecular complexity index is 809. The Kier molecular flexibility index (Phi) is 4.38. The lowest BCUT2D eigenvalue weighted by Crippen LogP contribution is -2.63. The van der Waals surface area contributed by atoms with Gasteiger partial charge in [-0.3, -0.25) is 4.79 Å². The molecule has 2 aromatic rings. The van der Waals surface area contributed by atoms with Crippen LogP contribution in [-0.2, 0) is 11.0 Å². The highest BCUT2D eigenvalue weighted by Gasteiger charge is 2.47. The predicted molar refractivity (Wildman–Crippen MR) is 87.7 cm³/mol. The van der Waals surface area contributed by atoms with E-state index >= 15 is 0 Å². The molecule has 2 unspecified atom stereocenters. The molecule has 0 radical (unpaired) electrons. The number of benzene rings is 2. The van der Waals surface area contributed by atoms with E-state index in [9.17, 15) is 18.0 Å². The van der Waals surface area contributed by atoms with E-state index in [4.69, 9.17) is 22.1 Å². The van der Waals surface area contributed by atoms with Crippen molar-refractivity contribution in [2.75, 3.05) is 12.0 Å². The lowest BCUT2D eigenvalue weighted by atomic mass is 9.88. The SMILES string of the molecule is COc1ccc(N2C(=O)C(N)C2c2ccc(C(F)(F)F)cc2)cc1Cl. The van der Waals surface area contributed by atoms with Crippen LogP contribution in [0.15, 0.2) is 42.5 Å². The van der Waals surface area contributed by atoms with Gasteiger partial charge in [0.25, 0.3) is 0 Å². The van der Waals surface area contributed by atoms with Crippen molar-refractivity contribution in [2.24, 2.45) is 5.73 Å². The zero-order valence-corrected chi connectivity index (χ0v) is 13.8. The van der Waals surface area contributed by atoms with Gasteiger partial charge in [-0.15, -0.1) is 0 Å². The summed E-state index contributed by atoms with van der Waals surface area (Å²) in [6.45, 7) is 0. The smallest absolute Gasteiger partial charge is 0.416 e. The Hall–Kier alpha value is -2.25. The molecule has 1 aliphatic rings. The topological polar surface area (TPSA) is 55.6 Å². The first kappa shape index (κ1) is 17.6. The van der Waals surface area contributed by atoms with Crippen LogP contribution in [0.4, 0.5) is 18.9 Å². The fraction of sp³-hybridized carbons (Fsp3) is 0.235. The summed E-state index contributed by atoms with van der Waals surface area (Å²) in [6, 6.07) is 8.05. The number of carbonyl (C=O) groups excluding carboxylic acids is 1. The van der Waals surface area contributed by atoms with Gasteiger partial charge in [0, 0.05) is 5.69 Å². The van der Waals surface area contributed by atoms with Crippen LogP contribution in [0.25, 0.3) is 0 Å².